The summed E-state index contributed by atoms with van der Waals surface area (Å²) < 4.78 is 28.5. The molecule has 34 heavy (non-hydrogen) atoms. The molecular weight excluding hydrogens is 458 g/mol. The molecule has 5 rings (SSSR count). The van der Waals surface area contributed by atoms with Crippen molar-refractivity contribution in [1.82, 2.24) is 29.0 Å². The maximum Gasteiger partial charge on any atom is 0.275 e. The first-order valence-electron chi connectivity index (χ1n) is 11.1. The van der Waals surface area contributed by atoms with Gasteiger partial charge in [-0.1, -0.05) is 6.07 Å². The van der Waals surface area contributed by atoms with E-state index in [1.54, 1.807) is 35.0 Å². The third-order valence-corrected chi connectivity index (χ3v) is 8.48. The molecule has 0 radical (unpaired) electrons. The van der Waals surface area contributed by atoms with E-state index in [2.05, 4.69) is 25.5 Å². The summed E-state index contributed by atoms with van der Waals surface area (Å²) in [6.07, 6.45) is 5.18. The molecule has 4 heterocycles. The predicted molar refractivity (Wildman–Crippen MR) is 123 cm³/mol. The van der Waals surface area contributed by atoms with Crippen LogP contribution in [0.4, 0.5) is 5.82 Å². The van der Waals surface area contributed by atoms with Crippen molar-refractivity contribution in [2.75, 3.05) is 18.5 Å². The maximum absolute atomic E-state index is 12.9. The van der Waals surface area contributed by atoms with Crippen LogP contribution in [0.1, 0.15) is 47.4 Å². The Morgan fingerprint density at radius 3 is 2.88 bits per heavy atom. The monoisotopic (exact) mass is 483 g/mol. The Hall–Kier alpha value is -3.22. The Bertz CT molecular complexity index is 1340. The quantitative estimate of drug-likeness (QED) is 0.513. The van der Waals surface area contributed by atoms with E-state index >= 15 is 0 Å². The average molecular weight is 484 g/mol. The number of pyridine rings is 2. The van der Waals surface area contributed by atoms with Gasteiger partial charge in [0.05, 0.1) is 17.9 Å². The van der Waals surface area contributed by atoms with Crippen LogP contribution in [-0.4, -0.2) is 66.9 Å². The minimum atomic E-state index is -3.28. The molecule has 0 bridgehead atoms. The molecule has 1 saturated carbocycles. The minimum absolute atomic E-state index is 0.0785. The molecule has 12 heteroatoms. The number of carbonyl (C=O) groups is 1. The summed E-state index contributed by atoms with van der Waals surface area (Å²) in [7, 11) is -3.28. The molecule has 2 aliphatic rings. The Morgan fingerprint density at radius 2 is 2.12 bits per heavy atom. The number of aliphatic hydroxyl groups excluding tert-OH is 1. The zero-order chi connectivity index (χ0) is 23.9. The van der Waals surface area contributed by atoms with E-state index in [9.17, 15) is 18.3 Å². The lowest BCUT2D eigenvalue weighted by Crippen LogP contribution is -2.38. The number of sulfonamides is 1. The van der Waals surface area contributed by atoms with E-state index in [1.165, 1.54) is 10.6 Å². The van der Waals surface area contributed by atoms with Crippen molar-refractivity contribution in [2.24, 2.45) is 0 Å². The molecule has 1 aliphatic heterocycles. The van der Waals surface area contributed by atoms with E-state index in [4.69, 9.17) is 0 Å². The number of hydrogen-bond acceptors (Lipinski definition) is 8. The van der Waals surface area contributed by atoms with Gasteiger partial charge >= 0.3 is 0 Å². The fourth-order valence-corrected chi connectivity index (χ4v) is 5.79. The first-order chi connectivity index (χ1) is 16.4. The maximum atomic E-state index is 12.9. The smallest absolute Gasteiger partial charge is 0.275 e. The molecule has 1 fully saturated rings. The van der Waals surface area contributed by atoms with Crippen molar-refractivity contribution in [2.45, 2.75) is 44.0 Å². The molecule has 2 N–H and O–H groups in total. The number of rotatable bonds is 7. The number of fused-ring (bicyclic) bond motifs is 1. The van der Waals surface area contributed by atoms with Crippen molar-refractivity contribution in [3.63, 3.8) is 0 Å². The summed E-state index contributed by atoms with van der Waals surface area (Å²) in [4.78, 5) is 21.6. The van der Waals surface area contributed by atoms with Crippen molar-refractivity contribution in [3.05, 3.63) is 53.6 Å². The van der Waals surface area contributed by atoms with Crippen LogP contribution >= 0.6 is 0 Å². The number of anilines is 1. The van der Waals surface area contributed by atoms with Gasteiger partial charge in [0.15, 0.2) is 5.82 Å². The van der Waals surface area contributed by atoms with Crippen LogP contribution in [0, 0.1) is 0 Å². The average Bonchev–Trinajstić information content (AvgIpc) is 3.60. The van der Waals surface area contributed by atoms with Crippen molar-refractivity contribution < 1.29 is 18.3 Å². The van der Waals surface area contributed by atoms with E-state index in [-0.39, 0.29) is 30.1 Å². The SMILES string of the molecule is CC(CO)n1cnnc1-c1cccc(NC(=O)c2cc3c(cn2)CCN(S(=O)(=O)C2CC2)C3)n1. The second kappa shape index (κ2) is 8.85. The number of aromatic nitrogens is 5. The summed E-state index contributed by atoms with van der Waals surface area (Å²) >= 11 is 0. The van der Waals surface area contributed by atoms with E-state index < -0.39 is 15.9 Å². The van der Waals surface area contributed by atoms with Gasteiger partial charge in [0, 0.05) is 19.3 Å². The largest absolute Gasteiger partial charge is 0.394 e. The van der Waals surface area contributed by atoms with Gasteiger partial charge < -0.3 is 15.0 Å². The second-order valence-corrected chi connectivity index (χ2v) is 10.8. The van der Waals surface area contributed by atoms with Gasteiger partial charge in [-0.2, -0.15) is 4.31 Å². The lowest BCUT2D eigenvalue weighted by molar-refractivity contribution is 0.102. The summed E-state index contributed by atoms with van der Waals surface area (Å²) in [6, 6.07) is 6.56. The molecule has 1 amide bonds. The predicted octanol–water partition coefficient (Wildman–Crippen LogP) is 1.39. The first-order valence-corrected chi connectivity index (χ1v) is 12.6. The van der Waals surface area contributed by atoms with Crippen LogP contribution in [0.5, 0.6) is 0 Å². The van der Waals surface area contributed by atoms with Gasteiger partial charge in [-0.25, -0.2) is 13.4 Å². The second-order valence-electron chi connectivity index (χ2n) is 8.62. The van der Waals surface area contributed by atoms with Crippen molar-refractivity contribution >= 4 is 21.7 Å². The molecule has 0 aromatic carbocycles. The lowest BCUT2D eigenvalue weighted by atomic mass is 10.0. The van der Waals surface area contributed by atoms with Gasteiger partial charge in [0.25, 0.3) is 5.91 Å². The Labute approximate surface area is 196 Å². The summed E-state index contributed by atoms with van der Waals surface area (Å²) in [5.74, 6) is 0.340. The summed E-state index contributed by atoms with van der Waals surface area (Å²) in [6.45, 7) is 2.45. The summed E-state index contributed by atoms with van der Waals surface area (Å²) in [5, 5.41) is 19.9. The lowest BCUT2D eigenvalue weighted by Gasteiger charge is -2.28. The highest BCUT2D eigenvalue weighted by Crippen LogP contribution is 2.33. The first kappa shape index (κ1) is 22.6. The fourth-order valence-electron chi connectivity index (χ4n) is 3.98. The van der Waals surface area contributed by atoms with Crippen molar-refractivity contribution in [3.8, 4) is 11.5 Å². The minimum Gasteiger partial charge on any atom is -0.394 e. The van der Waals surface area contributed by atoms with Crippen LogP contribution in [0.25, 0.3) is 11.5 Å². The number of aliphatic hydroxyl groups is 1. The van der Waals surface area contributed by atoms with E-state index in [0.29, 0.717) is 30.3 Å². The number of amides is 1. The van der Waals surface area contributed by atoms with Crippen molar-refractivity contribution in [1.29, 1.82) is 0 Å². The third-order valence-electron chi connectivity index (χ3n) is 6.13. The number of carbonyl (C=O) groups excluding carboxylic acids is 1. The number of nitrogens with zero attached hydrogens (tertiary/aromatic N) is 6. The molecule has 178 valence electrons. The normalized spacial score (nSPS) is 17.2. The van der Waals surface area contributed by atoms with E-state index in [0.717, 1.165) is 24.0 Å². The summed E-state index contributed by atoms with van der Waals surface area (Å²) in [5.41, 5.74) is 2.43. The van der Waals surface area contributed by atoms with Crippen LogP contribution in [0.15, 0.2) is 36.8 Å². The Morgan fingerprint density at radius 1 is 1.29 bits per heavy atom. The van der Waals surface area contributed by atoms with Gasteiger partial charge in [0.2, 0.25) is 10.0 Å². The Balaban J connectivity index is 1.34. The van der Waals surface area contributed by atoms with Gasteiger partial charge in [-0.05, 0) is 55.5 Å². The molecule has 0 spiro atoms. The molecule has 0 saturated heterocycles. The highest BCUT2D eigenvalue weighted by Gasteiger charge is 2.41. The van der Waals surface area contributed by atoms with Crippen LogP contribution < -0.4 is 5.32 Å². The molecule has 3 aromatic rings. The standard InChI is InChI=1S/C22H25N7O4S/c1-14(12-30)29-13-24-27-21(29)18-3-2-4-20(25-18)26-22(31)19-9-16-11-28(8-7-15(16)10-23-19)34(32,33)17-5-6-17/h2-4,9-10,13-14,17,30H,5-8,11-12H2,1H3,(H,25,26,31). The van der Waals surface area contributed by atoms with Gasteiger partial charge in [-0.3, -0.25) is 9.78 Å². The van der Waals surface area contributed by atoms with Gasteiger partial charge in [0.1, 0.15) is 23.5 Å². The third kappa shape index (κ3) is 4.31. The van der Waals surface area contributed by atoms with Crippen LogP contribution in [0.3, 0.4) is 0 Å². The molecule has 1 aliphatic carbocycles. The zero-order valence-corrected chi connectivity index (χ0v) is 19.4. The molecule has 1 atom stereocenters. The highest BCUT2D eigenvalue weighted by atomic mass is 32.2. The zero-order valence-electron chi connectivity index (χ0n) is 18.6. The molecule has 11 nitrogen and oxygen atoms in total. The topological polar surface area (TPSA) is 143 Å². The molecule has 3 aromatic heterocycles. The molecule has 1 unspecified atom stereocenters. The fraction of sp³-hybridized carbons (Fsp3) is 0.409. The van der Waals surface area contributed by atoms with Crippen LogP contribution in [-0.2, 0) is 23.0 Å². The molecular formula is C22H25N7O4S. The number of hydrogen-bond donors (Lipinski definition) is 2. The Kier molecular flexibility index (Phi) is 5.88. The van der Waals surface area contributed by atoms with Gasteiger partial charge in [-0.15, -0.1) is 10.2 Å². The number of nitrogens with one attached hydrogen (secondary N) is 1. The highest BCUT2D eigenvalue weighted by molar-refractivity contribution is 7.90. The van der Waals surface area contributed by atoms with E-state index in [1.807, 2.05) is 6.92 Å². The van der Waals surface area contributed by atoms with Crippen LogP contribution in [0.2, 0.25) is 0 Å².